The first-order chi connectivity index (χ1) is 13.7. The van der Waals surface area contributed by atoms with E-state index in [1.165, 1.54) is 17.3 Å². The van der Waals surface area contributed by atoms with Gasteiger partial charge in [-0.3, -0.25) is 19.1 Å². The summed E-state index contributed by atoms with van der Waals surface area (Å²) in [7, 11) is 0. The highest BCUT2D eigenvalue weighted by molar-refractivity contribution is 5.78. The highest BCUT2D eigenvalue weighted by Gasteiger charge is 2.25. The molecular weight excluding hydrogens is 356 g/mol. The summed E-state index contributed by atoms with van der Waals surface area (Å²) in [5, 5.41) is 3.48. The number of likely N-dealkylation sites (tertiary alicyclic amines) is 1. The van der Waals surface area contributed by atoms with Crippen molar-refractivity contribution in [3.8, 4) is 0 Å². The molecule has 1 atom stereocenters. The van der Waals surface area contributed by atoms with Crippen LogP contribution in [-0.2, 0) is 11.3 Å². The summed E-state index contributed by atoms with van der Waals surface area (Å²) in [6.07, 6.45) is 6.64. The molecule has 1 aromatic carbocycles. The summed E-state index contributed by atoms with van der Waals surface area (Å²) in [5.74, 6) is 0.638. The van der Waals surface area contributed by atoms with Gasteiger partial charge in [-0.15, -0.1) is 0 Å². The summed E-state index contributed by atoms with van der Waals surface area (Å²) >= 11 is 0. The number of nitrogens with zero attached hydrogens (tertiary/aromatic N) is 3. The Morgan fingerprint density at radius 1 is 1.14 bits per heavy atom. The van der Waals surface area contributed by atoms with Crippen molar-refractivity contribution in [2.45, 2.75) is 31.8 Å². The van der Waals surface area contributed by atoms with Crippen molar-refractivity contribution >= 4 is 16.8 Å². The molecular formula is C21H24N4O3. The van der Waals surface area contributed by atoms with Crippen LogP contribution in [0.5, 0.6) is 0 Å². The van der Waals surface area contributed by atoms with E-state index in [0.29, 0.717) is 17.4 Å². The van der Waals surface area contributed by atoms with Crippen LogP contribution in [0, 0.1) is 0 Å². The molecule has 28 heavy (non-hydrogen) atoms. The van der Waals surface area contributed by atoms with E-state index in [1.54, 1.807) is 24.5 Å². The molecule has 4 rings (SSSR count). The molecule has 3 aromatic rings. The summed E-state index contributed by atoms with van der Waals surface area (Å²) in [6, 6.07) is 11.0. The second-order valence-electron chi connectivity index (χ2n) is 7.13. The van der Waals surface area contributed by atoms with Gasteiger partial charge in [0.2, 0.25) is 5.91 Å². The molecule has 7 heteroatoms. The number of benzene rings is 1. The van der Waals surface area contributed by atoms with Crippen LogP contribution >= 0.6 is 0 Å². The fourth-order valence-electron chi connectivity index (χ4n) is 3.76. The zero-order valence-corrected chi connectivity index (χ0v) is 15.7. The normalized spacial score (nSPS) is 16.1. The monoisotopic (exact) mass is 380 g/mol. The summed E-state index contributed by atoms with van der Waals surface area (Å²) < 4.78 is 6.96. The van der Waals surface area contributed by atoms with Crippen LogP contribution in [0.15, 0.2) is 58.2 Å². The molecule has 0 radical (unpaired) electrons. The predicted molar refractivity (Wildman–Crippen MR) is 106 cm³/mol. The number of furan rings is 1. The van der Waals surface area contributed by atoms with Crippen LogP contribution in [0.4, 0.5) is 0 Å². The third-order valence-electron chi connectivity index (χ3n) is 5.24. The molecule has 7 nitrogen and oxygen atoms in total. The Balaban J connectivity index is 1.44. The summed E-state index contributed by atoms with van der Waals surface area (Å²) in [6.45, 7) is 2.38. The Bertz CT molecular complexity index is 990. The molecule has 1 unspecified atom stereocenters. The first-order valence-electron chi connectivity index (χ1n) is 9.71. The average molecular weight is 380 g/mol. The molecule has 1 fully saturated rings. The molecule has 0 aliphatic carbocycles. The van der Waals surface area contributed by atoms with E-state index in [0.717, 1.165) is 31.7 Å². The van der Waals surface area contributed by atoms with Crippen LogP contribution < -0.4 is 10.9 Å². The minimum absolute atomic E-state index is 0.00528. The fraction of sp³-hybridized carbons (Fsp3) is 0.381. The fourth-order valence-corrected chi connectivity index (χ4v) is 3.76. The van der Waals surface area contributed by atoms with Crippen molar-refractivity contribution in [3.05, 3.63) is 65.1 Å². The number of hydrogen-bond acceptors (Lipinski definition) is 5. The summed E-state index contributed by atoms with van der Waals surface area (Å²) in [4.78, 5) is 31.7. The van der Waals surface area contributed by atoms with Gasteiger partial charge in [-0.1, -0.05) is 18.6 Å². The lowest BCUT2D eigenvalue weighted by Gasteiger charge is -2.33. The molecule has 3 heterocycles. The second-order valence-corrected chi connectivity index (χ2v) is 7.13. The van der Waals surface area contributed by atoms with E-state index < -0.39 is 0 Å². The van der Waals surface area contributed by atoms with Gasteiger partial charge in [0.25, 0.3) is 5.56 Å². The van der Waals surface area contributed by atoms with Gasteiger partial charge >= 0.3 is 0 Å². The number of carbonyl (C=O) groups excluding carboxylic acids is 1. The second kappa shape index (κ2) is 8.39. The van der Waals surface area contributed by atoms with Gasteiger partial charge < -0.3 is 9.73 Å². The minimum atomic E-state index is -0.215. The van der Waals surface area contributed by atoms with Gasteiger partial charge in [0.1, 0.15) is 12.3 Å². The molecule has 146 valence electrons. The van der Waals surface area contributed by atoms with Crippen molar-refractivity contribution in [1.82, 2.24) is 19.8 Å². The smallest absolute Gasteiger partial charge is 0.261 e. The molecule has 2 aromatic heterocycles. The lowest BCUT2D eigenvalue weighted by Crippen LogP contribution is -2.41. The van der Waals surface area contributed by atoms with E-state index in [1.807, 2.05) is 18.2 Å². The number of amides is 1. The van der Waals surface area contributed by atoms with Crippen molar-refractivity contribution in [2.24, 2.45) is 0 Å². The Labute approximate surface area is 163 Å². The molecule has 1 amide bonds. The van der Waals surface area contributed by atoms with E-state index in [4.69, 9.17) is 4.42 Å². The molecule has 0 saturated carbocycles. The highest BCUT2D eigenvalue weighted by Crippen LogP contribution is 2.24. The van der Waals surface area contributed by atoms with Crippen LogP contribution in [0.1, 0.15) is 31.1 Å². The Kier molecular flexibility index (Phi) is 5.53. The van der Waals surface area contributed by atoms with Crippen LogP contribution in [0.2, 0.25) is 0 Å². The number of rotatable bonds is 6. The van der Waals surface area contributed by atoms with Crippen molar-refractivity contribution < 1.29 is 9.21 Å². The van der Waals surface area contributed by atoms with E-state index in [9.17, 15) is 9.59 Å². The van der Waals surface area contributed by atoms with Gasteiger partial charge in [0.05, 0.1) is 29.5 Å². The zero-order chi connectivity index (χ0) is 19.3. The highest BCUT2D eigenvalue weighted by atomic mass is 16.3. The summed E-state index contributed by atoms with van der Waals surface area (Å²) in [5.41, 5.74) is 0.423. The number of hydrogen-bond donors (Lipinski definition) is 1. The van der Waals surface area contributed by atoms with Crippen LogP contribution in [-0.4, -0.2) is 40.0 Å². The molecule has 1 saturated heterocycles. The number of nitrogens with one attached hydrogen (secondary N) is 1. The minimum Gasteiger partial charge on any atom is -0.468 e. The molecule has 1 aliphatic heterocycles. The molecule has 1 aliphatic rings. The number of piperidine rings is 1. The average Bonchev–Trinajstić information content (AvgIpc) is 3.26. The van der Waals surface area contributed by atoms with Gasteiger partial charge in [-0.2, -0.15) is 0 Å². The number of aromatic nitrogens is 2. The van der Waals surface area contributed by atoms with Crippen LogP contribution in [0.25, 0.3) is 10.9 Å². The number of carbonyl (C=O) groups is 1. The third-order valence-corrected chi connectivity index (χ3v) is 5.24. The Morgan fingerprint density at radius 2 is 1.96 bits per heavy atom. The Morgan fingerprint density at radius 3 is 2.75 bits per heavy atom. The molecule has 0 bridgehead atoms. The van der Waals surface area contributed by atoms with Gasteiger partial charge in [0.15, 0.2) is 0 Å². The largest absolute Gasteiger partial charge is 0.468 e. The van der Waals surface area contributed by atoms with Gasteiger partial charge in [-0.05, 0) is 50.2 Å². The first kappa shape index (κ1) is 18.4. The molecule has 1 N–H and O–H groups in total. The van der Waals surface area contributed by atoms with E-state index >= 15 is 0 Å². The van der Waals surface area contributed by atoms with Crippen molar-refractivity contribution in [1.29, 1.82) is 0 Å². The topological polar surface area (TPSA) is 80.4 Å². The first-order valence-corrected chi connectivity index (χ1v) is 9.71. The predicted octanol–water partition coefficient (Wildman–Crippen LogP) is 2.33. The van der Waals surface area contributed by atoms with E-state index in [-0.39, 0.29) is 24.1 Å². The van der Waals surface area contributed by atoms with Crippen molar-refractivity contribution in [3.63, 3.8) is 0 Å². The third kappa shape index (κ3) is 3.99. The maximum atomic E-state index is 12.6. The molecule has 0 spiro atoms. The maximum Gasteiger partial charge on any atom is 0.261 e. The zero-order valence-electron chi connectivity index (χ0n) is 15.7. The van der Waals surface area contributed by atoms with Crippen LogP contribution in [0.3, 0.4) is 0 Å². The quantitative estimate of drug-likeness (QED) is 0.710. The van der Waals surface area contributed by atoms with Crippen molar-refractivity contribution in [2.75, 3.05) is 19.6 Å². The van der Waals surface area contributed by atoms with Gasteiger partial charge in [-0.25, -0.2) is 4.98 Å². The number of fused-ring (bicyclic) bond motifs is 1. The van der Waals surface area contributed by atoms with E-state index in [2.05, 4.69) is 15.2 Å². The number of para-hydroxylation sites is 1. The lowest BCUT2D eigenvalue weighted by molar-refractivity contribution is -0.122. The van der Waals surface area contributed by atoms with Gasteiger partial charge in [0, 0.05) is 6.54 Å². The standard InChI is InChI=1S/C21H24N4O3/c26-20(14-25-15-23-17-8-3-2-7-16(17)21(25)27)22-13-18(19-9-6-12-28-19)24-10-4-1-5-11-24/h2-3,6-9,12,15,18H,1,4-5,10-11,13-14H2,(H,22,26). The lowest BCUT2D eigenvalue weighted by atomic mass is 10.1. The Hall–Kier alpha value is -2.93. The SMILES string of the molecule is O=C(Cn1cnc2ccccc2c1=O)NCC(c1ccco1)N1CCCCC1. The maximum absolute atomic E-state index is 12.6.